The van der Waals surface area contributed by atoms with Crippen LogP contribution < -0.4 is 0 Å². The minimum atomic E-state index is 0.555. The molecular weight excluding hydrogens is 224 g/mol. The van der Waals surface area contributed by atoms with Crippen LogP contribution in [-0.4, -0.2) is 6.29 Å². The van der Waals surface area contributed by atoms with Crippen LogP contribution in [0.2, 0.25) is 0 Å². The molecule has 0 unspecified atom stereocenters. The molecule has 2 aromatic rings. The number of hydrogen-bond donors (Lipinski definition) is 0. The molecule has 0 aromatic carbocycles. The summed E-state index contributed by atoms with van der Waals surface area (Å²) in [4.78, 5) is 14.1. The molecule has 0 spiro atoms. The molecule has 15 heavy (non-hydrogen) atoms. The van der Waals surface area contributed by atoms with E-state index in [-0.39, 0.29) is 0 Å². The topological polar surface area (TPSA) is 17.1 Å². The van der Waals surface area contributed by atoms with Crippen molar-refractivity contribution >= 4 is 34.5 Å². The maximum absolute atomic E-state index is 10.6. The molecule has 2 heterocycles. The van der Waals surface area contributed by atoms with Gasteiger partial charge in [-0.3, -0.25) is 4.79 Å². The lowest BCUT2D eigenvalue weighted by Crippen LogP contribution is -1.75. The van der Waals surface area contributed by atoms with Gasteiger partial charge in [-0.25, -0.2) is 0 Å². The van der Waals surface area contributed by atoms with Crippen LogP contribution in [0.5, 0.6) is 0 Å². The van der Waals surface area contributed by atoms with E-state index in [4.69, 9.17) is 0 Å². The minimum Gasteiger partial charge on any atom is -0.298 e. The van der Waals surface area contributed by atoms with Crippen molar-refractivity contribution in [2.24, 2.45) is 0 Å². The van der Waals surface area contributed by atoms with E-state index in [0.29, 0.717) is 5.57 Å². The van der Waals surface area contributed by atoms with Gasteiger partial charge in [-0.05, 0) is 25.1 Å². The summed E-state index contributed by atoms with van der Waals surface area (Å²) in [7, 11) is 0. The van der Waals surface area contributed by atoms with Gasteiger partial charge in [0.1, 0.15) is 0 Å². The molecule has 0 fully saturated rings. The van der Waals surface area contributed by atoms with Crippen LogP contribution in [0.4, 0.5) is 0 Å². The molecule has 0 atom stereocenters. The SMILES string of the molecule is C=C(C=O)c1cc(-c2ccc(C)s2)cs1. The molecular formula is C12H10OS2. The van der Waals surface area contributed by atoms with E-state index in [0.717, 1.165) is 11.2 Å². The van der Waals surface area contributed by atoms with E-state index in [9.17, 15) is 4.79 Å². The zero-order chi connectivity index (χ0) is 10.8. The first kappa shape index (κ1) is 10.3. The van der Waals surface area contributed by atoms with Crippen molar-refractivity contribution in [3.8, 4) is 10.4 Å². The van der Waals surface area contributed by atoms with Crippen LogP contribution in [0.25, 0.3) is 16.0 Å². The Morgan fingerprint density at radius 1 is 1.47 bits per heavy atom. The molecule has 76 valence electrons. The summed E-state index contributed by atoms with van der Waals surface area (Å²) < 4.78 is 0. The molecule has 0 saturated carbocycles. The molecule has 0 bridgehead atoms. The summed E-state index contributed by atoms with van der Waals surface area (Å²) in [6.45, 7) is 5.79. The lowest BCUT2D eigenvalue weighted by molar-refractivity contribution is -0.103. The van der Waals surface area contributed by atoms with Gasteiger partial charge in [0, 0.05) is 31.1 Å². The predicted octanol–water partition coefficient (Wildman–Crippen LogP) is 4.00. The van der Waals surface area contributed by atoms with Crippen LogP contribution in [0.1, 0.15) is 9.75 Å². The maximum Gasteiger partial charge on any atom is 0.150 e. The minimum absolute atomic E-state index is 0.555. The Morgan fingerprint density at radius 2 is 2.27 bits per heavy atom. The zero-order valence-corrected chi connectivity index (χ0v) is 9.95. The highest BCUT2D eigenvalue weighted by atomic mass is 32.1. The molecule has 1 nitrogen and oxygen atoms in total. The van der Waals surface area contributed by atoms with Crippen LogP contribution in [0.15, 0.2) is 30.2 Å². The van der Waals surface area contributed by atoms with Gasteiger partial charge < -0.3 is 0 Å². The Balaban J connectivity index is 2.35. The molecule has 0 saturated heterocycles. The number of aryl methyl sites for hydroxylation is 1. The number of allylic oxidation sites excluding steroid dienone is 1. The van der Waals surface area contributed by atoms with Gasteiger partial charge in [0.05, 0.1) is 0 Å². The number of aldehydes is 1. The average molecular weight is 234 g/mol. The Morgan fingerprint density at radius 3 is 2.87 bits per heavy atom. The van der Waals surface area contributed by atoms with Crippen molar-refractivity contribution in [2.75, 3.05) is 0 Å². The Hall–Kier alpha value is -1.19. The number of rotatable bonds is 3. The average Bonchev–Trinajstić information content (AvgIpc) is 2.84. The van der Waals surface area contributed by atoms with Crippen LogP contribution in [0, 0.1) is 6.92 Å². The van der Waals surface area contributed by atoms with E-state index in [1.807, 2.05) is 6.07 Å². The smallest absolute Gasteiger partial charge is 0.150 e. The van der Waals surface area contributed by atoms with Crippen molar-refractivity contribution < 1.29 is 4.79 Å². The normalized spacial score (nSPS) is 10.2. The summed E-state index contributed by atoms with van der Waals surface area (Å²) in [5.41, 5.74) is 1.73. The summed E-state index contributed by atoms with van der Waals surface area (Å²) >= 11 is 3.32. The number of carbonyl (C=O) groups excluding carboxylic acids is 1. The fourth-order valence-electron chi connectivity index (χ4n) is 1.28. The van der Waals surface area contributed by atoms with Crippen molar-refractivity contribution in [1.82, 2.24) is 0 Å². The summed E-state index contributed by atoms with van der Waals surface area (Å²) in [5, 5.41) is 2.06. The highest BCUT2D eigenvalue weighted by Gasteiger charge is 2.06. The second-order valence-electron chi connectivity index (χ2n) is 3.25. The van der Waals surface area contributed by atoms with Crippen molar-refractivity contribution in [1.29, 1.82) is 0 Å². The first-order valence-corrected chi connectivity index (χ1v) is 6.20. The van der Waals surface area contributed by atoms with Crippen molar-refractivity contribution in [3.63, 3.8) is 0 Å². The zero-order valence-electron chi connectivity index (χ0n) is 8.32. The number of carbonyl (C=O) groups is 1. The van der Waals surface area contributed by atoms with Gasteiger partial charge >= 0.3 is 0 Å². The van der Waals surface area contributed by atoms with Gasteiger partial charge in [0.15, 0.2) is 6.29 Å². The van der Waals surface area contributed by atoms with Gasteiger partial charge in [-0.1, -0.05) is 6.58 Å². The maximum atomic E-state index is 10.6. The standard InChI is InChI=1S/C12H10OS2/c1-8(6-13)12-5-10(7-14-12)11-4-3-9(2)15-11/h3-7H,1H2,2H3. The van der Waals surface area contributed by atoms with Crippen molar-refractivity contribution in [3.05, 3.63) is 39.9 Å². The molecule has 0 aliphatic carbocycles. The Labute approximate surface area is 96.7 Å². The second kappa shape index (κ2) is 4.13. The van der Waals surface area contributed by atoms with E-state index >= 15 is 0 Å². The molecule has 3 heteroatoms. The predicted molar refractivity (Wildman–Crippen MR) is 67.5 cm³/mol. The highest BCUT2D eigenvalue weighted by molar-refractivity contribution is 7.16. The van der Waals surface area contributed by atoms with Crippen molar-refractivity contribution in [2.45, 2.75) is 6.92 Å². The van der Waals surface area contributed by atoms with Crippen LogP contribution in [0.3, 0.4) is 0 Å². The molecule has 0 aliphatic heterocycles. The summed E-state index contributed by atoms with van der Waals surface area (Å²) in [6, 6.07) is 6.23. The van der Waals surface area contributed by atoms with Crippen LogP contribution in [-0.2, 0) is 4.79 Å². The molecule has 0 radical (unpaired) electrons. The molecule has 0 aliphatic rings. The largest absolute Gasteiger partial charge is 0.298 e. The Kier molecular flexibility index (Phi) is 2.84. The molecule has 2 aromatic heterocycles. The fraction of sp³-hybridized carbons (Fsp3) is 0.0833. The third-order valence-electron chi connectivity index (χ3n) is 2.08. The lowest BCUT2D eigenvalue weighted by Gasteiger charge is -1.90. The Bertz CT molecular complexity index is 505. The first-order chi connectivity index (χ1) is 7.20. The monoisotopic (exact) mass is 234 g/mol. The lowest BCUT2D eigenvalue weighted by atomic mass is 10.2. The molecule has 0 N–H and O–H groups in total. The first-order valence-electron chi connectivity index (χ1n) is 4.50. The van der Waals surface area contributed by atoms with Gasteiger partial charge in [0.2, 0.25) is 0 Å². The van der Waals surface area contributed by atoms with Crippen LogP contribution >= 0.6 is 22.7 Å². The highest BCUT2D eigenvalue weighted by Crippen LogP contribution is 2.32. The fourth-order valence-corrected chi connectivity index (χ4v) is 3.05. The molecule has 0 amide bonds. The van der Waals surface area contributed by atoms with E-state index in [1.165, 1.54) is 15.3 Å². The third kappa shape index (κ3) is 2.08. The summed E-state index contributed by atoms with van der Waals surface area (Å²) in [6.07, 6.45) is 0.801. The quantitative estimate of drug-likeness (QED) is 0.579. The van der Waals surface area contributed by atoms with E-state index in [2.05, 4.69) is 31.0 Å². The number of thiophene rings is 2. The third-order valence-corrected chi connectivity index (χ3v) is 4.14. The van der Waals surface area contributed by atoms with E-state index in [1.54, 1.807) is 22.7 Å². The summed E-state index contributed by atoms with van der Waals surface area (Å²) in [5.74, 6) is 0. The van der Waals surface area contributed by atoms with Gasteiger partial charge in [-0.15, -0.1) is 22.7 Å². The molecule has 2 rings (SSSR count). The van der Waals surface area contributed by atoms with E-state index < -0.39 is 0 Å². The van der Waals surface area contributed by atoms with Gasteiger partial charge in [-0.2, -0.15) is 0 Å². The number of hydrogen-bond acceptors (Lipinski definition) is 3. The van der Waals surface area contributed by atoms with Gasteiger partial charge in [0.25, 0.3) is 0 Å². The second-order valence-corrected chi connectivity index (χ2v) is 5.45.